The summed E-state index contributed by atoms with van der Waals surface area (Å²) in [6, 6.07) is 30.6. The van der Waals surface area contributed by atoms with Gasteiger partial charge in [0.05, 0.1) is 16.7 Å². The Kier molecular flexibility index (Phi) is 4.80. The lowest BCUT2D eigenvalue weighted by molar-refractivity contribution is 0.970. The van der Waals surface area contributed by atoms with Crippen molar-refractivity contribution in [2.45, 2.75) is 10.9 Å². The number of benzene rings is 3. The molecule has 0 aliphatic carbocycles. The molecule has 0 unspecified atom stereocenters. The number of fused-ring (bicyclic) bond motifs is 1. The highest BCUT2D eigenvalue weighted by molar-refractivity contribution is 7.98. The number of rotatable bonds is 5. The summed E-state index contributed by atoms with van der Waals surface area (Å²) in [5, 5.41) is 0.741. The Morgan fingerprint density at radius 2 is 1.38 bits per heavy atom. The van der Waals surface area contributed by atoms with Crippen LogP contribution in [0.5, 0.6) is 0 Å². The average Bonchev–Trinajstić information content (AvgIpc) is 3.23. The van der Waals surface area contributed by atoms with Crippen molar-refractivity contribution in [2.24, 2.45) is 0 Å². The van der Waals surface area contributed by atoms with Crippen molar-refractivity contribution >= 4 is 22.8 Å². The van der Waals surface area contributed by atoms with E-state index in [1.54, 1.807) is 11.8 Å². The largest absolute Gasteiger partial charge is 0.337 e. The number of thioether (sulfide) groups is 1. The second-order valence-electron chi connectivity index (χ2n) is 6.66. The molecule has 140 valence electrons. The molecule has 0 aliphatic rings. The zero-order valence-electron chi connectivity index (χ0n) is 15.6. The van der Waals surface area contributed by atoms with E-state index in [2.05, 4.69) is 41.4 Å². The van der Waals surface area contributed by atoms with E-state index in [9.17, 15) is 0 Å². The van der Waals surface area contributed by atoms with Gasteiger partial charge in [-0.05, 0) is 23.8 Å². The number of nitrogens with one attached hydrogen (secondary N) is 1. The van der Waals surface area contributed by atoms with Gasteiger partial charge in [0, 0.05) is 11.3 Å². The second-order valence-corrected chi connectivity index (χ2v) is 7.61. The van der Waals surface area contributed by atoms with E-state index in [1.807, 2.05) is 54.6 Å². The highest BCUT2D eigenvalue weighted by atomic mass is 32.2. The van der Waals surface area contributed by atoms with Gasteiger partial charge in [0.15, 0.2) is 11.0 Å². The van der Waals surface area contributed by atoms with Crippen LogP contribution in [0.25, 0.3) is 33.8 Å². The minimum Gasteiger partial charge on any atom is -0.337 e. The minimum atomic E-state index is 0.741. The van der Waals surface area contributed by atoms with Gasteiger partial charge in [-0.25, -0.2) is 15.0 Å². The molecule has 0 saturated heterocycles. The van der Waals surface area contributed by atoms with E-state index in [1.165, 1.54) is 5.56 Å². The summed E-state index contributed by atoms with van der Waals surface area (Å²) in [7, 11) is 0. The molecule has 0 bridgehead atoms. The lowest BCUT2D eigenvalue weighted by atomic mass is 10.1. The Labute approximate surface area is 173 Å². The van der Waals surface area contributed by atoms with E-state index in [-0.39, 0.29) is 0 Å². The highest BCUT2D eigenvalue weighted by Crippen LogP contribution is 2.28. The SMILES string of the molecule is c1ccc(CSc2nc(-c3ccccc3)cc(-c3nc4ccccc4[nH]3)n2)cc1. The van der Waals surface area contributed by atoms with E-state index in [0.717, 1.165) is 44.7 Å². The molecule has 5 rings (SSSR count). The third-order valence-corrected chi connectivity index (χ3v) is 5.54. The van der Waals surface area contributed by atoms with Crippen LogP contribution in [0, 0.1) is 0 Å². The summed E-state index contributed by atoms with van der Waals surface area (Å²) < 4.78 is 0. The summed E-state index contributed by atoms with van der Waals surface area (Å²) in [6.45, 7) is 0. The standard InChI is InChI=1S/C24H18N4S/c1-3-9-17(10-4-1)16-29-24-27-21(18-11-5-2-6-12-18)15-22(28-24)23-25-19-13-7-8-14-20(19)26-23/h1-15H,16H2,(H,25,26). The molecule has 0 spiro atoms. The maximum atomic E-state index is 4.81. The first kappa shape index (κ1) is 17.6. The molecule has 0 atom stereocenters. The minimum absolute atomic E-state index is 0.741. The molecule has 2 aromatic heterocycles. The Bertz CT molecular complexity index is 1220. The second kappa shape index (κ2) is 7.89. The van der Waals surface area contributed by atoms with E-state index < -0.39 is 0 Å². The maximum absolute atomic E-state index is 4.81. The van der Waals surface area contributed by atoms with Crippen molar-refractivity contribution < 1.29 is 0 Å². The van der Waals surface area contributed by atoms with Gasteiger partial charge in [0.2, 0.25) is 0 Å². The van der Waals surface area contributed by atoms with E-state index in [0.29, 0.717) is 0 Å². The molecule has 1 N–H and O–H groups in total. The smallest absolute Gasteiger partial charge is 0.189 e. The van der Waals surface area contributed by atoms with Crippen LogP contribution < -0.4 is 0 Å². The van der Waals surface area contributed by atoms with E-state index in [4.69, 9.17) is 15.0 Å². The van der Waals surface area contributed by atoms with Gasteiger partial charge in [0.25, 0.3) is 0 Å². The number of H-pyrrole nitrogens is 1. The molecule has 0 saturated carbocycles. The van der Waals surface area contributed by atoms with Crippen LogP contribution in [-0.2, 0) is 5.75 Å². The molecule has 0 fully saturated rings. The quantitative estimate of drug-likeness (QED) is 0.294. The highest BCUT2D eigenvalue weighted by Gasteiger charge is 2.12. The number of hydrogen-bond acceptors (Lipinski definition) is 4. The van der Waals surface area contributed by atoms with Crippen molar-refractivity contribution in [3.63, 3.8) is 0 Å². The first-order chi connectivity index (χ1) is 14.3. The van der Waals surface area contributed by atoms with Crippen molar-refractivity contribution in [2.75, 3.05) is 0 Å². The molecular weight excluding hydrogens is 376 g/mol. The Balaban J connectivity index is 1.56. The van der Waals surface area contributed by atoms with Crippen LogP contribution >= 0.6 is 11.8 Å². The Hall–Kier alpha value is -3.44. The monoisotopic (exact) mass is 394 g/mol. The first-order valence-electron chi connectivity index (χ1n) is 9.41. The zero-order chi connectivity index (χ0) is 19.5. The van der Waals surface area contributed by atoms with Crippen molar-refractivity contribution in [3.8, 4) is 22.8 Å². The molecule has 0 aliphatic heterocycles. The fraction of sp³-hybridized carbons (Fsp3) is 0.0417. The molecule has 29 heavy (non-hydrogen) atoms. The molecular formula is C24H18N4S. The molecule has 5 heteroatoms. The fourth-order valence-electron chi connectivity index (χ4n) is 3.16. The molecule has 2 heterocycles. The molecule has 4 nitrogen and oxygen atoms in total. The number of para-hydroxylation sites is 2. The number of nitrogens with zero attached hydrogens (tertiary/aromatic N) is 3. The van der Waals surface area contributed by atoms with Gasteiger partial charge >= 0.3 is 0 Å². The molecule has 5 aromatic rings. The topological polar surface area (TPSA) is 54.5 Å². The number of imidazole rings is 1. The van der Waals surface area contributed by atoms with Gasteiger partial charge in [0.1, 0.15) is 5.69 Å². The Morgan fingerprint density at radius 3 is 2.17 bits per heavy atom. The summed E-state index contributed by atoms with van der Waals surface area (Å²) in [4.78, 5) is 17.7. The lowest BCUT2D eigenvalue weighted by Gasteiger charge is -2.07. The maximum Gasteiger partial charge on any atom is 0.189 e. The normalized spacial score (nSPS) is 11.0. The number of aromatic amines is 1. The third kappa shape index (κ3) is 3.91. The molecule has 3 aromatic carbocycles. The third-order valence-electron chi connectivity index (χ3n) is 4.62. The average molecular weight is 395 g/mol. The van der Waals surface area contributed by atoms with Crippen molar-refractivity contribution in [3.05, 3.63) is 96.6 Å². The number of aromatic nitrogens is 4. The van der Waals surface area contributed by atoms with Gasteiger partial charge < -0.3 is 4.98 Å². The summed E-state index contributed by atoms with van der Waals surface area (Å²) in [5.74, 6) is 1.57. The zero-order valence-corrected chi connectivity index (χ0v) is 16.4. The molecule has 0 radical (unpaired) electrons. The van der Waals surface area contributed by atoms with Crippen molar-refractivity contribution in [1.29, 1.82) is 0 Å². The predicted octanol–water partition coefficient (Wildman–Crippen LogP) is 5.98. The molecule has 0 amide bonds. The predicted molar refractivity (Wildman–Crippen MR) is 119 cm³/mol. The summed E-state index contributed by atoms with van der Waals surface area (Å²) >= 11 is 1.63. The van der Waals surface area contributed by atoms with Crippen LogP contribution in [0.4, 0.5) is 0 Å². The van der Waals surface area contributed by atoms with Gasteiger partial charge in [-0.15, -0.1) is 0 Å². The van der Waals surface area contributed by atoms with Crippen molar-refractivity contribution in [1.82, 2.24) is 19.9 Å². The van der Waals surface area contributed by atoms with Crippen LogP contribution in [0.1, 0.15) is 5.56 Å². The Morgan fingerprint density at radius 1 is 0.690 bits per heavy atom. The van der Waals surface area contributed by atoms with Crippen LogP contribution in [-0.4, -0.2) is 19.9 Å². The van der Waals surface area contributed by atoms with Gasteiger partial charge in [-0.1, -0.05) is 84.6 Å². The fourth-order valence-corrected chi connectivity index (χ4v) is 3.98. The van der Waals surface area contributed by atoms with Crippen LogP contribution in [0.15, 0.2) is 96.2 Å². The first-order valence-corrected chi connectivity index (χ1v) is 10.4. The van der Waals surface area contributed by atoms with Crippen LogP contribution in [0.2, 0.25) is 0 Å². The summed E-state index contributed by atoms with van der Waals surface area (Å²) in [5.41, 5.74) is 5.93. The number of hydrogen-bond donors (Lipinski definition) is 1. The summed E-state index contributed by atoms with van der Waals surface area (Å²) in [6.07, 6.45) is 0. The van der Waals surface area contributed by atoms with Gasteiger partial charge in [-0.3, -0.25) is 0 Å². The van der Waals surface area contributed by atoms with E-state index >= 15 is 0 Å². The van der Waals surface area contributed by atoms with Gasteiger partial charge in [-0.2, -0.15) is 0 Å². The van der Waals surface area contributed by atoms with Crippen LogP contribution in [0.3, 0.4) is 0 Å². The lowest BCUT2D eigenvalue weighted by Crippen LogP contribution is -1.96.